The van der Waals surface area contributed by atoms with Crippen LogP contribution < -0.4 is 0 Å². The number of fused-ring (bicyclic) bond motifs is 3. The van der Waals surface area contributed by atoms with Crippen molar-refractivity contribution in [3.05, 3.63) is 136 Å². The zero-order valence-corrected chi connectivity index (χ0v) is 30.6. The first-order valence-corrected chi connectivity index (χ1v) is 17.9. The molecule has 7 rings (SSSR count). The fourth-order valence-electron chi connectivity index (χ4n) is 7.70. The molecule has 0 atom stereocenters. The molecule has 0 aliphatic rings. The Labute approximate surface area is 292 Å². The molecule has 0 aliphatic heterocycles. The Morgan fingerprint density at radius 2 is 1.27 bits per heavy atom. The minimum absolute atomic E-state index is 0.524. The predicted molar refractivity (Wildman–Crippen MR) is 210 cm³/mol. The molecule has 0 aliphatic carbocycles. The number of benzene rings is 5. The summed E-state index contributed by atoms with van der Waals surface area (Å²) in [5.41, 5.74) is 18.0. The number of hydrogen-bond donors (Lipinski definition) is 0. The molecule has 3 nitrogen and oxygen atoms in total. The highest BCUT2D eigenvalue weighted by molar-refractivity contribution is 6.11. The normalized spacial score (nSPS) is 11.9. The van der Waals surface area contributed by atoms with Gasteiger partial charge in [0.25, 0.3) is 0 Å². The topological polar surface area (TPSA) is 22.8 Å². The van der Waals surface area contributed by atoms with Gasteiger partial charge in [-0.25, -0.2) is 4.98 Å². The molecular weight excluding hydrogens is 595 g/mol. The number of hydrogen-bond acceptors (Lipinski definition) is 1. The summed E-state index contributed by atoms with van der Waals surface area (Å²) < 4.78 is 4.83. The van der Waals surface area contributed by atoms with Crippen LogP contribution in [0, 0.1) is 46.5 Å². The lowest BCUT2D eigenvalue weighted by Crippen LogP contribution is -2.10. The highest BCUT2D eigenvalue weighted by Gasteiger charge is 2.21. The third-order valence-corrected chi connectivity index (χ3v) is 10.3. The Balaban J connectivity index is 1.40. The van der Waals surface area contributed by atoms with Crippen molar-refractivity contribution in [2.24, 2.45) is 11.8 Å². The Kier molecular flexibility index (Phi) is 8.57. The van der Waals surface area contributed by atoms with Gasteiger partial charge in [-0.2, -0.15) is 0 Å². The Hall–Kier alpha value is -4.89. The quantitative estimate of drug-likeness (QED) is 0.162. The first-order chi connectivity index (χ1) is 23.5. The van der Waals surface area contributed by atoms with E-state index in [-0.39, 0.29) is 0 Å². The van der Waals surface area contributed by atoms with Crippen LogP contribution in [0.3, 0.4) is 0 Å². The second kappa shape index (κ2) is 12.9. The van der Waals surface area contributed by atoms with E-state index in [4.69, 9.17) is 4.98 Å². The summed E-state index contributed by atoms with van der Waals surface area (Å²) in [6, 6.07) is 31.9. The lowest BCUT2D eigenvalue weighted by atomic mass is 9.90. The molecule has 5 aromatic carbocycles. The molecule has 2 heterocycles. The monoisotopic (exact) mass is 643 g/mol. The summed E-state index contributed by atoms with van der Waals surface area (Å²) in [7, 11) is 0. The van der Waals surface area contributed by atoms with Gasteiger partial charge < -0.3 is 4.57 Å². The largest absolute Gasteiger partial charge is 0.309 e. The van der Waals surface area contributed by atoms with E-state index in [9.17, 15) is 0 Å². The van der Waals surface area contributed by atoms with E-state index >= 15 is 0 Å². The second-order valence-corrected chi connectivity index (χ2v) is 15.0. The Morgan fingerprint density at radius 1 is 0.592 bits per heavy atom. The molecule has 0 saturated heterocycles. The van der Waals surface area contributed by atoms with Crippen molar-refractivity contribution in [2.45, 2.75) is 75.2 Å². The van der Waals surface area contributed by atoms with Crippen LogP contribution >= 0.6 is 0 Å². The summed E-state index contributed by atoms with van der Waals surface area (Å²) in [6.07, 6.45) is 6.13. The van der Waals surface area contributed by atoms with Crippen LogP contribution in [0.2, 0.25) is 0 Å². The first-order valence-electron chi connectivity index (χ1n) is 17.9. The van der Waals surface area contributed by atoms with E-state index in [1.165, 1.54) is 83.3 Å². The number of nitrogens with zero attached hydrogens (tertiary/aromatic N) is 3. The maximum Gasteiger partial charge on any atom is 0.144 e. The van der Waals surface area contributed by atoms with E-state index in [2.05, 4.69) is 163 Å². The molecule has 3 heteroatoms. The van der Waals surface area contributed by atoms with Crippen molar-refractivity contribution in [2.75, 3.05) is 0 Å². The second-order valence-electron chi connectivity index (χ2n) is 15.0. The molecule has 0 amide bonds. The lowest BCUT2D eigenvalue weighted by molar-refractivity contribution is 0.631. The molecule has 49 heavy (non-hydrogen) atoms. The Bertz CT molecular complexity index is 2300. The molecular formula is C46H49N3. The SMILES string of the molecule is Cc1cc2c3c(C)c(C)ccc3n(-c3ccc(-c4nccn4-c4c(CC(C)C)cc(-c5ccccc5)cc4CC(C)C)cc3C)c2cc1C. The van der Waals surface area contributed by atoms with E-state index in [0.29, 0.717) is 11.8 Å². The smallest absolute Gasteiger partial charge is 0.144 e. The van der Waals surface area contributed by atoms with Crippen LogP contribution in [0.25, 0.3) is 55.7 Å². The van der Waals surface area contributed by atoms with Gasteiger partial charge in [0.15, 0.2) is 0 Å². The van der Waals surface area contributed by atoms with Gasteiger partial charge in [0, 0.05) is 34.4 Å². The zero-order chi connectivity index (χ0) is 34.6. The van der Waals surface area contributed by atoms with Crippen LogP contribution in [0.1, 0.15) is 66.6 Å². The molecule has 0 fully saturated rings. The summed E-state index contributed by atoms with van der Waals surface area (Å²) >= 11 is 0. The lowest BCUT2D eigenvalue weighted by Gasteiger charge is -2.22. The van der Waals surface area contributed by atoms with Crippen LogP contribution in [0.4, 0.5) is 0 Å². The minimum atomic E-state index is 0.524. The number of imidazole rings is 1. The van der Waals surface area contributed by atoms with Gasteiger partial charge in [0.05, 0.1) is 16.7 Å². The average Bonchev–Trinajstić information content (AvgIpc) is 3.66. The van der Waals surface area contributed by atoms with Gasteiger partial charge in [-0.3, -0.25) is 4.57 Å². The molecule has 0 N–H and O–H groups in total. The van der Waals surface area contributed by atoms with Crippen molar-refractivity contribution in [1.29, 1.82) is 0 Å². The fourth-order valence-corrected chi connectivity index (χ4v) is 7.70. The number of aryl methyl sites for hydroxylation is 5. The molecule has 7 aromatic rings. The summed E-state index contributed by atoms with van der Waals surface area (Å²) in [6.45, 7) is 20.4. The van der Waals surface area contributed by atoms with Gasteiger partial charge in [-0.15, -0.1) is 0 Å². The van der Waals surface area contributed by atoms with Crippen molar-refractivity contribution in [3.8, 4) is 33.9 Å². The molecule has 0 radical (unpaired) electrons. The van der Waals surface area contributed by atoms with Crippen molar-refractivity contribution in [1.82, 2.24) is 14.1 Å². The van der Waals surface area contributed by atoms with Crippen molar-refractivity contribution in [3.63, 3.8) is 0 Å². The summed E-state index contributed by atoms with van der Waals surface area (Å²) in [5, 5.41) is 2.68. The molecule has 0 saturated carbocycles. The van der Waals surface area contributed by atoms with Crippen molar-refractivity contribution >= 4 is 21.8 Å². The van der Waals surface area contributed by atoms with Crippen LogP contribution in [0.5, 0.6) is 0 Å². The summed E-state index contributed by atoms with van der Waals surface area (Å²) in [4.78, 5) is 5.02. The van der Waals surface area contributed by atoms with E-state index in [1.807, 2.05) is 6.20 Å². The molecule has 2 aromatic heterocycles. The van der Waals surface area contributed by atoms with Gasteiger partial charge in [-0.1, -0.05) is 64.1 Å². The van der Waals surface area contributed by atoms with E-state index < -0.39 is 0 Å². The zero-order valence-electron chi connectivity index (χ0n) is 30.6. The molecule has 248 valence electrons. The standard InChI is InChI=1S/C46H49N3/c1-28(2)21-38-26-37(35-13-11-10-12-14-35)27-39(22-29(3)4)45(38)48-20-19-47-46(48)36-16-18-41(33(8)23-36)49-42-17-15-30(5)34(9)44(42)40-24-31(6)32(7)25-43(40)49/h10-20,23-29H,21-22H2,1-9H3. The maximum atomic E-state index is 5.02. The van der Waals surface area contributed by atoms with E-state index in [0.717, 1.165) is 24.2 Å². The number of rotatable bonds is 8. The highest BCUT2D eigenvalue weighted by atomic mass is 15.1. The first kappa shape index (κ1) is 32.6. The number of aromatic nitrogens is 3. The molecule has 0 spiro atoms. The third-order valence-electron chi connectivity index (χ3n) is 10.3. The molecule has 0 bridgehead atoms. The van der Waals surface area contributed by atoms with Gasteiger partial charge >= 0.3 is 0 Å². The average molecular weight is 644 g/mol. The molecule has 0 unspecified atom stereocenters. The predicted octanol–water partition coefficient (Wildman–Crippen LogP) is 12.2. The van der Waals surface area contributed by atoms with Crippen molar-refractivity contribution < 1.29 is 0 Å². The van der Waals surface area contributed by atoms with Crippen LogP contribution in [-0.2, 0) is 12.8 Å². The fraction of sp³-hybridized carbons (Fsp3) is 0.283. The van der Waals surface area contributed by atoms with Gasteiger partial charge in [0.2, 0.25) is 0 Å². The summed E-state index contributed by atoms with van der Waals surface area (Å²) in [5.74, 6) is 2.03. The Morgan fingerprint density at radius 3 is 1.92 bits per heavy atom. The van der Waals surface area contributed by atoms with Gasteiger partial charge in [-0.05, 0) is 158 Å². The maximum absolute atomic E-state index is 5.02. The third kappa shape index (κ3) is 5.90. The van der Waals surface area contributed by atoms with E-state index in [1.54, 1.807) is 0 Å². The van der Waals surface area contributed by atoms with Crippen LogP contribution in [-0.4, -0.2) is 14.1 Å². The van der Waals surface area contributed by atoms with Crippen LogP contribution in [0.15, 0.2) is 97.3 Å². The highest BCUT2D eigenvalue weighted by Crippen LogP contribution is 2.39. The van der Waals surface area contributed by atoms with Gasteiger partial charge in [0.1, 0.15) is 5.82 Å². The minimum Gasteiger partial charge on any atom is -0.309 e.